The Hall–Kier alpha value is -2.10. The van der Waals surface area contributed by atoms with Gasteiger partial charge in [0.05, 0.1) is 18.8 Å². The topological polar surface area (TPSA) is 82.8 Å². The fourth-order valence-corrected chi connectivity index (χ4v) is 2.99. The lowest BCUT2D eigenvalue weighted by molar-refractivity contribution is -0.117. The number of hydrogen-bond donors (Lipinski definition) is 2. The van der Waals surface area contributed by atoms with Gasteiger partial charge in [-0.3, -0.25) is 4.79 Å². The highest BCUT2D eigenvalue weighted by molar-refractivity contribution is 14.0. The Morgan fingerprint density at radius 1 is 1.25 bits per heavy atom. The van der Waals surface area contributed by atoms with Gasteiger partial charge < -0.3 is 20.1 Å². The van der Waals surface area contributed by atoms with Crippen molar-refractivity contribution in [3.05, 3.63) is 47.3 Å². The summed E-state index contributed by atoms with van der Waals surface area (Å²) >= 11 is 0. The molecule has 1 aliphatic heterocycles. The van der Waals surface area contributed by atoms with E-state index in [9.17, 15) is 4.79 Å². The molecule has 1 amide bonds. The number of nitrogens with one attached hydrogen (secondary N) is 2. The van der Waals surface area contributed by atoms with Crippen LogP contribution in [0.25, 0.3) is 0 Å². The summed E-state index contributed by atoms with van der Waals surface area (Å²) in [6, 6.07) is 10.00. The number of carbonyl (C=O) groups is 1. The summed E-state index contributed by atoms with van der Waals surface area (Å²) in [6.45, 7) is 6.76. The second kappa shape index (κ2) is 11.0. The third kappa shape index (κ3) is 5.95. The second-order valence-corrected chi connectivity index (χ2v) is 6.50. The van der Waals surface area contributed by atoms with Crippen LogP contribution in [-0.4, -0.2) is 30.1 Å². The van der Waals surface area contributed by atoms with Crippen molar-refractivity contribution >= 4 is 41.5 Å². The molecule has 152 valence electrons. The van der Waals surface area contributed by atoms with E-state index in [1.807, 2.05) is 49.1 Å². The molecule has 1 fully saturated rings. The van der Waals surface area contributed by atoms with Crippen LogP contribution in [-0.2, 0) is 24.3 Å². The molecule has 0 radical (unpaired) electrons. The molecule has 7 nitrogen and oxygen atoms in total. The first kappa shape index (κ1) is 22.2. The fraction of sp³-hybridized carbons (Fsp3) is 0.450. The van der Waals surface area contributed by atoms with Crippen LogP contribution in [0.2, 0.25) is 0 Å². The lowest BCUT2D eigenvalue weighted by atomic mass is 10.2. The second-order valence-electron chi connectivity index (χ2n) is 6.50. The van der Waals surface area contributed by atoms with Crippen molar-refractivity contribution < 1.29 is 9.32 Å². The van der Waals surface area contributed by atoms with Gasteiger partial charge in [-0.05, 0) is 37.5 Å². The lowest BCUT2D eigenvalue weighted by Crippen LogP contribution is -2.36. The maximum Gasteiger partial charge on any atom is 0.227 e. The van der Waals surface area contributed by atoms with Crippen LogP contribution in [0.15, 0.2) is 39.8 Å². The van der Waals surface area contributed by atoms with Crippen molar-refractivity contribution in [2.75, 3.05) is 18.0 Å². The number of hydrogen-bond acceptors (Lipinski definition) is 4. The highest BCUT2D eigenvalue weighted by Crippen LogP contribution is 2.21. The number of rotatable bonds is 7. The Kier molecular flexibility index (Phi) is 8.75. The number of benzene rings is 1. The number of halogens is 1. The van der Waals surface area contributed by atoms with Crippen LogP contribution in [0.1, 0.15) is 43.7 Å². The van der Waals surface area contributed by atoms with Crippen LogP contribution >= 0.6 is 24.0 Å². The van der Waals surface area contributed by atoms with Gasteiger partial charge in [0.2, 0.25) is 5.91 Å². The van der Waals surface area contributed by atoms with Crippen molar-refractivity contribution in [2.45, 2.75) is 46.2 Å². The molecule has 0 bridgehead atoms. The summed E-state index contributed by atoms with van der Waals surface area (Å²) < 4.78 is 5.29. The van der Waals surface area contributed by atoms with Crippen molar-refractivity contribution in [3.8, 4) is 0 Å². The summed E-state index contributed by atoms with van der Waals surface area (Å²) in [6.07, 6.45) is 2.44. The minimum absolute atomic E-state index is 0. The van der Waals surface area contributed by atoms with Crippen LogP contribution in [0.4, 0.5) is 5.69 Å². The van der Waals surface area contributed by atoms with Crippen LogP contribution in [0, 0.1) is 0 Å². The van der Waals surface area contributed by atoms with Gasteiger partial charge in [-0.15, -0.1) is 24.0 Å². The molecule has 28 heavy (non-hydrogen) atoms. The number of amides is 1. The minimum Gasteiger partial charge on any atom is -0.359 e. The van der Waals surface area contributed by atoms with Gasteiger partial charge >= 0.3 is 0 Å². The van der Waals surface area contributed by atoms with Crippen molar-refractivity contribution in [1.29, 1.82) is 0 Å². The summed E-state index contributed by atoms with van der Waals surface area (Å²) in [5.74, 6) is 1.72. The number of aromatic nitrogens is 1. The van der Waals surface area contributed by atoms with E-state index < -0.39 is 0 Å². The van der Waals surface area contributed by atoms with E-state index in [2.05, 4.69) is 20.8 Å². The normalized spacial score (nSPS) is 14.1. The van der Waals surface area contributed by atoms with E-state index in [1.165, 1.54) is 0 Å². The number of carbonyl (C=O) groups excluding carboxylic acids is 1. The van der Waals surface area contributed by atoms with Crippen LogP contribution in [0.3, 0.4) is 0 Å². The molecule has 1 aliphatic rings. The number of aliphatic imine (C=N–C) groups is 1. The molecule has 0 atom stereocenters. The van der Waals surface area contributed by atoms with E-state index in [0.717, 1.165) is 54.6 Å². The maximum atomic E-state index is 11.8. The highest BCUT2D eigenvalue weighted by Gasteiger charge is 2.21. The molecule has 8 heteroatoms. The van der Waals surface area contributed by atoms with Gasteiger partial charge in [0.25, 0.3) is 0 Å². The summed E-state index contributed by atoms with van der Waals surface area (Å²) in [5, 5.41) is 10.5. The molecule has 3 rings (SSSR count). The first-order valence-electron chi connectivity index (χ1n) is 9.55. The minimum atomic E-state index is 0. The van der Waals surface area contributed by atoms with Crippen LogP contribution in [0.5, 0.6) is 0 Å². The summed E-state index contributed by atoms with van der Waals surface area (Å²) in [7, 11) is 0. The molecular formula is C20H28IN5O2. The maximum absolute atomic E-state index is 11.8. The number of aryl methyl sites for hydroxylation is 1. The standard InChI is InChI=1S/C20H27N5O2.HI/c1-3-16-12-18(27-24-16)14-23-20(21-4-2)22-13-15-7-9-17(10-8-15)25-11-5-6-19(25)26;/h7-10,12H,3-6,11,13-14H2,1-2H3,(H2,21,22,23);1H. The van der Waals surface area contributed by atoms with E-state index in [0.29, 0.717) is 19.5 Å². The van der Waals surface area contributed by atoms with Gasteiger partial charge in [0, 0.05) is 31.3 Å². The third-order valence-corrected chi connectivity index (χ3v) is 4.49. The molecule has 0 spiro atoms. The van der Waals surface area contributed by atoms with Crippen LogP contribution < -0.4 is 15.5 Å². The Balaban J connectivity index is 0.00000280. The Morgan fingerprint density at radius 3 is 2.64 bits per heavy atom. The lowest BCUT2D eigenvalue weighted by Gasteiger charge is -2.15. The quantitative estimate of drug-likeness (QED) is 0.349. The summed E-state index contributed by atoms with van der Waals surface area (Å²) in [4.78, 5) is 18.3. The van der Waals surface area contributed by atoms with Gasteiger partial charge in [0.15, 0.2) is 11.7 Å². The fourth-order valence-electron chi connectivity index (χ4n) is 2.99. The first-order valence-corrected chi connectivity index (χ1v) is 9.55. The first-order chi connectivity index (χ1) is 13.2. The van der Waals surface area contributed by atoms with Gasteiger partial charge in [-0.2, -0.15) is 0 Å². The molecular weight excluding hydrogens is 469 g/mol. The zero-order valence-corrected chi connectivity index (χ0v) is 18.7. The Bertz CT molecular complexity index is 788. The molecule has 0 unspecified atom stereocenters. The molecule has 1 saturated heterocycles. The molecule has 1 aromatic heterocycles. The zero-order valence-electron chi connectivity index (χ0n) is 16.4. The number of guanidine groups is 1. The monoisotopic (exact) mass is 497 g/mol. The Labute approximate surface area is 183 Å². The average Bonchev–Trinajstić information content (AvgIpc) is 3.33. The number of anilines is 1. The molecule has 0 aliphatic carbocycles. The van der Waals surface area contributed by atoms with Crippen molar-refractivity contribution in [2.24, 2.45) is 4.99 Å². The molecule has 2 N–H and O–H groups in total. The summed E-state index contributed by atoms with van der Waals surface area (Å²) in [5.41, 5.74) is 3.01. The predicted molar refractivity (Wildman–Crippen MR) is 121 cm³/mol. The average molecular weight is 497 g/mol. The van der Waals surface area contributed by atoms with Gasteiger partial charge in [-0.1, -0.05) is 24.2 Å². The van der Waals surface area contributed by atoms with E-state index in [4.69, 9.17) is 4.52 Å². The molecule has 0 saturated carbocycles. The van der Waals surface area contributed by atoms with Crippen molar-refractivity contribution in [1.82, 2.24) is 15.8 Å². The molecule has 2 aromatic rings. The number of nitrogens with zero attached hydrogens (tertiary/aromatic N) is 3. The van der Waals surface area contributed by atoms with Crippen molar-refractivity contribution in [3.63, 3.8) is 0 Å². The third-order valence-electron chi connectivity index (χ3n) is 4.49. The van der Waals surface area contributed by atoms with Gasteiger partial charge in [-0.25, -0.2) is 4.99 Å². The highest BCUT2D eigenvalue weighted by atomic mass is 127. The SMILES string of the molecule is CCNC(=NCc1ccc(N2CCCC2=O)cc1)NCc1cc(CC)no1.I. The van der Waals surface area contributed by atoms with E-state index in [1.54, 1.807) is 0 Å². The zero-order chi connectivity index (χ0) is 19.1. The van der Waals surface area contributed by atoms with Gasteiger partial charge in [0.1, 0.15) is 0 Å². The predicted octanol–water partition coefficient (Wildman–Crippen LogP) is 3.24. The Morgan fingerprint density at radius 2 is 2.04 bits per heavy atom. The largest absolute Gasteiger partial charge is 0.359 e. The smallest absolute Gasteiger partial charge is 0.227 e. The molecule has 1 aromatic carbocycles. The van der Waals surface area contributed by atoms with E-state index >= 15 is 0 Å². The van der Waals surface area contributed by atoms with E-state index in [-0.39, 0.29) is 29.9 Å². The molecule has 2 heterocycles.